The maximum absolute atomic E-state index is 13.2. The SMILES string of the molecule is Cc1ccc(S(=O)(=O)N(CC(=O)NCc2ccccn2)Cc2ccc(F)cc2)cc1. The molecule has 30 heavy (non-hydrogen) atoms. The third-order valence-corrected chi connectivity index (χ3v) is 6.25. The second-order valence-corrected chi connectivity index (χ2v) is 8.75. The molecule has 0 unspecified atom stereocenters. The van der Waals surface area contributed by atoms with Crippen LogP contribution in [0.4, 0.5) is 4.39 Å². The molecule has 2 aromatic carbocycles. The Balaban J connectivity index is 1.80. The monoisotopic (exact) mass is 427 g/mol. The van der Waals surface area contributed by atoms with E-state index in [0.717, 1.165) is 9.87 Å². The molecule has 0 atom stereocenters. The number of aromatic nitrogens is 1. The zero-order valence-corrected chi connectivity index (χ0v) is 17.3. The summed E-state index contributed by atoms with van der Waals surface area (Å²) < 4.78 is 40.7. The van der Waals surface area contributed by atoms with Crippen LogP contribution in [0.1, 0.15) is 16.8 Å². The van der Waals surface area contributed by atoms with Crippen molar-refractivity contribution in [1.29, 1.82) is 0 Å². The summed E-state index contributed by atoms with van der Waals surface area (Å²) in [6.45, 7) is 1.61. The van der Waals surface area contributed by atoms with Crippen LogP contribution < -0.4 is 5.32 Å². The molecule has 0 aliphatic heterocycles. The number of hydrogen-bond donors (Lipinski definition) is 1. The largest absolute Gasteiger partial charge is 0.349 e. The summed E-state index contributed by atoms with van der Waals surface area (Å²) in [7, 11) is -3.94. The normalized spacial score (nSPS) is 11.4. The van der Waals surface area contributed by atoms with Gasteiger partial charge in [0.05, 0.1) is 23.7 Å². The number of amides is 1. The topological polar surface area (TPSA) is 79.4 Å². The van der Waals surface area contributed by atoms with Crippen molar-refractivity contribution in [2.75, 3.05) is 6.54 Å². The minimum atomic E-state index is -3.94. The predicted octanol–water partition coefficient (Wildman–Crippen LogP) is 3.04. The zero-order valence-electron chi connectivity index (χ0n) is 16.5. The summed E-state index contributed by atoms with van der Waals surface area (Å²) in [5.41, 5.74) is 2.16. The number of carbonyl (C=O) groups is 1. The highest BCUT2D eigenvalue weighted by molar-refractivity contribution is 7.89. The molecule has 0 spiro atoms. The van der Waals surface area contributed by atoms with Gasteiger partial charge >= 0.3 is 0 Å². The van der Waals surface area contributed by atoms with Crippen LogP contribution in [0.5, 0.6) is 0 Å². The molecule has 3 aromatic rings. The number of sulfonamides is 1. The third-order valence-electron chi connectivity index (χ3n) is 4.44. The van der Waals surface area contributed by atoms with Gasteiger partial charge in [0.2, 0.25) is 15.9 Å². The van der Waals surface area contributed by atoms with E-state index in [9.17, 15) is 17.6 Å². The molecule has 8 heteroatoms. The number of aryl methyl sites for hydroxylation is 1. The van der Waals surface area contributed by atoms with Gasteiger partial charge in [0.25, 0.3) is 0 Å². The summed E-state index contributed by atoms with van der Waals surface area (Å²) in [5.74, 6) is -0.877. The highest BCUT2D eigenvalue weighted by Gasteiger charge is 2.27. The van der Waals surface area contributed by atoms with Crippen molar-refractivity contribution >= 4 is 15.9 Å². The Labute approximate surface area is 175 Å². The summed E-state index contributed by atoms with van der Waals surface area (Å²) >= 11 is 0. The fourth-order valence-electron chi connectivity index (χ4n) is 2.79. The van der Waals surface area contributed by atoms with Crippen molar-refractivity contribution < 1.29 is 17.6 Å². The number of benzene rings is 2. The Morgan fingerprint density at radius 1 is 1.03 bits per heavy atom. The fraction of sp³-hybridized carbons (Fsp3) is 0.182. The molecule has 1 N–H and O–H groups in total. The van der Waals surface area contributed by atoms with Crippen LogP contribution in [0.25, 0.3) is 0 Å². The molecule has 0 bridgehead atoms. The van der Waals surface area contributed by atoms with E-state index < -0.39 is 21.7 Å². The molecular weight excluding hydrogens is 405 g/mol. The summed E-state index contributed by atoms with van der Waals surface area (Å²) in [4.78, 5) is 16.7. The van der Waals surface area contributed by atoms with Crippen LogP contribution in [-0.2, 0) is 27.9 Å². The Morgan fingerprint density at radius 2 is 1.73 bits per heavy atom. The summed E-state index contributed by atoms with van der Waals surface area (Å²) in [6.07, 6.45) is 1.62. The van der Waals surface area contributed by atoms with Gasteiger partial charge in [-0.2, -0.15) is 4.31 Å². The van der Waals surface area contributed by atoms with Crippen LogP contribution in [0.3, 0.4) is 0 Å². The minimum Gasteiger partial charge on any atom is -0.349 e. The van der Waals surface area contributed by atoms with Gasteiger partial charge in [-0.3, -0.25) is 9.78 Å². The van der Waals surface area contributed by atoms with Gasteiger partial charge in [-0.15, -0.1) is 0 Å². The number of pyridine rings is 1. The Hall–Kier alpha value is -3.10. The van der Waals surface area contributed by atoms with Gasteiger partial charge < -0.3 is 5.32 Å². The van der Waals surface area contributed by atoms with E-state index in [1.807, 2.05) is 6.92 Å². The number of nitrogens with one attached hydrogen (secondary N) is 1. The smallest absolute Gasteiger partial charge is 0.243 e. The number of nitrogens with zero attached hydrogens (tertiary/aromatic N) is 2. The maximum Gasteiger partial charge on any atom is 0.243 e. The van der Waals surface area contributed by atoms with Gasteiger partial charge in [-0.05, 0) is 48.9 Å². The standard InChI is InChI=1S/C22H22FN3O3S/c1-17-5-11-21(12-6-17)30(28,29)26(15-18-7-9-19(23)10-8-18)16-22(27)25-14-20-4-2-3-13-24-20/h2-13H,14-16H2,1H3,(H,25,27). The van der Waals surface area contributed by atoms with Gasteiger partial charge in [-0.25, -0.2) is 12.8 Å². The minimum absolute atomic E-state index is 0.0620. The van der Waals surface area contributed by atoms with Gasteiger partial charge in [0.1, 0.15) is 5.82 Å². The fourth-order valence-corrected chi connectivity index (χ4v) is 4.17. The van der Waals surface area contributed by atoms with E-state index in [-0.39, 0.29) is 24.5 Å². The number of rotatable bonds is 8. The molecule has 156 valence electrons. The van der Waals surface area contributed by atoms with Gasteiger partial charge in [0.15, 0.2) is 0 Å². The van der Waals surface area contributed by atoms with Crippen LogP contribution in [0.15, 0.2) is 77.8 Å². The van der Waals surface area contributed by atoms with E-state index >= 15 is 0 Å². The lowest BCUT2D eigenvalue weighted by molar-refractivity contribution is -0.121. The van der Waals surface area contributed by atoms with E-state index in [1.165, 1.54) is 36.4 Å². The third kappa shape index (κ3) is 5.71. The molecule has 1 amide bonds. The zero-order chi connectivity index (χ0) is 21.6. The Morgan fingerprint density at radius 3 is 2.37 bits per heavy atom. The molecule has 0 saturated heterocycles. The van der Waals surface area contributed by atoms with E-state index in [0.29, 0.717) is 11.3 Å². The molecule has 0 aliphatic rings. The Bertz CT molecular complexity index is 1090. The Kier molecular flexibility index (Phi) is 6.91. The lowest BCUT2D eigenvalue weighted by atomic mass is 10.2. The molecular formula is C22H22FN3O3S. The van der Waals surface area contributed by atoms with Crippen molar-refractivity contribution in [3.63, 3.8) is 0 Å². The first-order chi connectivity index (χ1) is 14.3. The predicted molar refractivity (Wildman–Crippen MR) is 111 cm³/mol. The van der Waals surface area contributed by atoms with Crippen molar-refractivity contribution in [3.8, 4) is 0 Å². The second kappa shape index (κ2) is 9.60. The van der Waals surface area contributed by atoms with Crippen LogP contribution in [0.2, 0.25) is 0 Å². The molecule has 0 saturated carbocycles. The summed E-state index contributed by atoms with van der Waals surface area (Å²) in [6, 6.07) is 17.3. The first-order valence-corrected chi connectivity index (χ1v) is 10.8. The van der Waals surface area contributed by atoms with Crippen LogP contribution >= 0.6 is 0 Å². The highest BCUT2D eigenvalue weighted by atomic mass is 32.2. The molecule has 3 rings (SSSR count). The van der Waals surface area contributed by atoms with E-state index in [1.54, 1.807) is 36.5 Å². The highest BCUT2D eigenvalue weighted by Crippen LogP contribution is 2.19. The van der Waals surface area contributed by atoms with E-state index in [2.05, 4.69) is 10.3 Å². The molecule has 6 nitrogen and oxygen atoms in total. The average Bonchev–Trinajstić information content (AvgIpc) is 2.74. The number of carbonyl (C=O) groups excluding carboxylic acids is 1. The van der Waals surface area contributed by atoms with Crippen molar-refractivity contribution in [2.45, 2.75) is 24.9 Å². The lowest BCUT2D eigenvalue weighted by Crippen LogP contribution is -2.40. The number of halogens is 1. The molecule has 1 aromatic heterocycles. The first kappa shape index (κ1) is 21.6. The quantitative estimate of drug-likeness (QED) is 0.599. The van der Waals surface area contributed by atoms with Gasteiger partial charge in [0, 0.05) is 12.7 Å². The first-order valence-electron chi connectivity index (χ1n) is 9.32. The molecule has 0 radical (unpaired) electrons. The van der Waals surface area contributed by atoms with Crippen LogP contribution in [0, 0.1) is 12.7 Å². The molecule has 1 heterocycles. The molecule has 0 aliphatic carbocycles. The van der Waals surface area contributed by atoms with Crippen molar-refractivity contribution in [2.24, 2.45) is 0 Å². The van der Waals surface area contributed by atoms with Crippen molar-refractivity contribution in [3.05, 3.63) is 95.6 Å². The second-order valence-electron chi connectivity index (χ2n) is 6.81. The maximum atomic E-state index is 13.2. The van der Waals surface area contributed by atoms with Crippen molar-refractivity contribution in [1.82, 2.24) is 14.6 Å². The summed E-state index contributed by atoms with van der Waals surface area (Å²) in [5, 5.41) is 2.69. The lowest BCUT2D eigenvalue weighted by Gasteiger charge is -2.22. The van der Waals surface area contributed by atoms with E-state index in [4.69, 9.17) is 0 Å². The van der Waals surface area contributed by atoms with Crippen LogP contribution in [-0.4, -0.2) is 30.2 Å². The number of hydrogen-bond acceptors (Lipinski definition) is 4. The van der Waals surface area contributed by atoms with Gasteiger partial charge in [-0.1, -0.05) is 35.9 Å². The molecule has 0 fully saturated rings. The average molecular weight is 428 g/mol.